The Kier molecular flexibility index (Phi) is 4.51. The molecule has 5 rings (SSSR count). The minimum absolute atomic E-state index is 0.259. The number of fused-ring (bicyclic) bond motifs is 2. The number of hydrogen-bond acceptors (Lipinski definition) is 7. The lowest BCUT2D eigenvalue weighted by Crippen LogP contribution is -2.21. The van der Waals surface area contributed by atoms with Crippen molar-refractivity contribution in [3.63, 3.8) is 0 Å². The summed E-state index contributed by atoms with van der Waals surface area (Å²) in [6.45, 7) is 3.55. The molecule has 29 heavy (non-hydrogen) atoms. The number of aryl methyl sites for hydroxylation is 1. The fourth-order valence-corrected chi connectivity index (χ4v) is 4.01. The number of nitrogens with zero attached hydrogens (tertiary/aromatic N) is 3. The molecule has 0 aliphatic carbocycles. The average Bonchev–Trinajstić information content (AvgIpc) is 3.34. The van der Waals surface area contributed by atoms with Crippen molar-refractivity contribution < 1.29 is 13.9 Å². The highest BCUT2D eigenvalue weighted by Crippen LogP contribution is 2.37. The first-order valence-electron chi connectivity index (χ1n) is 9.27. The molecule has 0 unspecified atom stereocenters. The molecule has 0 radical (unpaired) electrons. The van der Waals surface area contributed by atoms with E-state index in [2.05, 4.69) is 25.3 Å². The molecular weight excluding hydrogens is 393 g/mol. The molecule has 0 spiro atoms. The van der Waals surface area contributed by atoms with Crippen molar-refractivity contribution in [2.75, 3.05) is 25.1 Å². The monoisotopic (exact) mass is 411 g/mol. The largest absolute Gasteiger partial charge is 0.483 e. The molecule has 0 amide bonds. The number of rotatable bonds is 5. The van der Waals surface area contributed by atoms with Crippen LogP contribution < -0.4 is 14.8 Å². The van der Waals surface area contributed by atoms with Gasteiger partial charge in [-0.05, 0) is 30.7 Å². The predicted octanol–water partition coefficient (Wildman–Crippen LogP) is 3.95. The molecule has 1 aliphatic heterocycles. The van der Waals surface area contributed by atoms with Gasteiger partial charge in [-0.1, -0.05) is 0 Å². The van der Waals surface area contributed by atoms with Gasteiger partial charge in [0.05, 0.1) is 23.0 Å². The molecule has 1 aliphatic rings. The molecule has 0 saturated heterocycles. The number of ether oxygens (including phenoxy) is 2. The second-order valence-electron chi connectivity index (χ2n) is 6.65. The third-order valence-electron chi connectivity index (χ3n) is 4.66. The lowest BCUT2D eigenvalue weighted by atomic mass is 10.1. The molecule has 0 atom stereocenters. The molecule has 0 fully saturated rings. The van der Waals surface area contributed by atoms with Gasteiger partial charge < -0.3 is 19.8 Å². The van der Waals surface area contributed by atoms with E-state index in [1.165, 1.54) is 23.5 Å². The van der Waals surface area contributed by atoms with E-state index in [0.29, 0.717) is 49.5 Å². The van der Waals surface area contributed by atoms with Crippen LogP contribution in [0.2, 0.25) is 0 Å². The molecule has 7 nitrogen and oxygen atoms in total. The van der Waals surface area contributed by atoms with Crippen LogP contribution in [-0.4, -0.2) is 39.7 Å². The molecule has 4 aromatic rings. The Balaban J connectivity index is 1.39. The number of halogens is 1. The lowest BCUT2D eigenvalue weighted by Gasteiger charge is -2.20. The summed E-state index contributed by atoms with van der Waals surface area (Å²) in [4.78, 5) is 17.4. The van der Waals surface area contributed by atoms with Crippen molar-refractivity contribution in [1.82, 2.24) is 19.9 Å². The van der Waals surface area contributed by atoms with Crippen molar-refractivity contribution >= 4 is 28.1 Å². The number of anilines is 1. The van der Waals surface area contributed by atoms with Gasteiger partial charge in [-0.2, -0.15) is 4.98 Å². The molecular formula is C20H18FN5O2S. The first-order valence-corrected chi connectivity index (χ1v) is 10.1. The van der Waals surface area contributed by atoms with E-state index in [1.807, 2.05) is 13.1 Å². The number of nitrogens with one attached hydrogen (secondary N) is 2. The van der Waals surface area contributed by atoms with Crippen LogP contribution in [0.25, 0.3) is 21.6 Å². The molecule has 0 saturated carbocycles. The Labute approximate surface area is 169 Å². The van der Waals surface area contributed by atoms with E-state index in [1.54, 1.807) is 12.3 Å². The lowest BCUT2D eigenvalue weighted by molar-refractivity contribution is 0.261. The third-order valence-corrected chi connectivity index (χ3v) is 5.57. The zero-order valence-electron chi connectivity index (χ0n) is 15.7. The summed E-state index contributed by atoms with van der Waals surface area (Å²) in [6.07, 6.45) is 4.29. The van der Waals surface area contributed by atoms with Gasteiger partial charge in [0, 0.05) is 29.7 Å². The van der Waals surface area contributed by atoms with Gasteiger partial charge >= 0.3 is 0 Å². The minimum atomic E-state index is -0.259. The van der Waals surface area contributed by atoms with Gasteiger partial charge in [0.15, 0.2) is 11.6 Å². The van der Waals surface area contributed by atoms with Crippen LogP contribution in [0, 0.1) is 12.7 Å². The van der Waals surface area contributed by atoms with E-state index in [9.17, 15) is 4.39 Å². The Morgan fingerprint density at radius 2 is 2.24 bits per heavy atom. The van der Waals surface area contributed by atoms with Crippen LogP contribution in [0.4, 0.5) is 10.2 Å². The first-order chi connectivity index (χ1) is 14.2. The van der Waals surface area contributed by atoms with Crippen LogP contribution in [0.1, 0.15) is 10.6 Å². The zero-order chi connectivity index (χ0) is 19.8. The second kappa shape index (κ2) is 7.32. The Morgan fingerprint density at radius 1 is 1.31 bits per heavy atom. The average molecular weight is 411 g/mol. The smallest absolute Gasteiger partial charge is 0.263 e. The summed E-state index contributed by atoms with van der Waals surface area (Å²) in [5.41, 5.74) is 1.83. The molecule has 2 N–H and O–H groups in total. The quantitative estimate of drug-likeness (QED) is 0.517. The molecule has 9 heteroatoms. The Bertz CT molecular complexity index is 1190. The number of benzene rings is 1. The number of H-pyrrole nitrogens is 1. The minimum Gasteiger partial charge on any atom is -0.483 e. The van der Waals surface area contributed by atoms with Gasteiger partial charge in [0.1, 0.15) is 12.4 Å². The van der Waals surface area contributed by atoms with E-state index < -0.39 is 0 Å². The van der Waals surface area contributed by atoms with Crippen LogP contribution >= 0.6 is 11.3 Å². The highest BCUT2D eigenvalue weighted by molar-refractivity contribution is 7.14. The molecule has 0 bridgehead atoms. The summed E-state index contributed by atoms with van der Waals surface area (Å²) in [7, 11) is 0. The van der Waals surface area contributed by atoms with Gasteiger partial charge in [-0.25, -0.2) is 14.4 Å². The predicted molar refractivity (Wildman–Crippen MR) is 109 cm³/mol. The maximum atomic E-state index is 13.4. The van der Waals surface area contributed by atoms with Crippen molar-refractivity contribution in [3.05, 3.63) is 47.0 Å². The topological polar surface area (TPSA) is 85.0 Å². The molecule has 4 heterocycles. The van der Waals surface area contributed by atoms with Crippen LogP contribution in [0.3, 0.4) is 0 Å². The summed E-state index contributed by atoms with van der Waals surface area (Å²) in [6, 6.07) is 4.73. The van der Waals surface area contributed by atoms with Crippen molar-refractivity contribution in [3.8, 4) is 22.3 Å². The van der Waals surface area contributed by atoms with Crippen LogP contribution in [0.5, 0.6) is 11.6 Å². The van der Waals surface area contributed by atoms with Crippen LogP contribution in [-0.2, 0) is 6.42 Å². The zero-order valence-corrected chi connectivity index (χ0v) is 16.5. The summed E-state index contributed by atoms with van der Waals surface area (Å²) >= 11 is 1.53. The fourth-order valence-electron chi connectivity index (χ4n) is 3.30. The SMILES string of the molecule is Cc1ncc(-c2nc3c(c(OCCc4c[nH]c5cc(F)ccc45)n2)OCCN3)s1. The van der Waals surface area contributed by atoms with Gasteiger partial charge in [-0.3, -0.25) is 0 Å². The highest BCUT2D eigenvalue weighted by atomic mass is 32.1. The number of aromatic nitrogens is 4. The fraction of sp³-hybridized carbons (Fsp3) is 0.250. The first kappa shape index (κ1) is 17.9. The van der Waals surface area contributed by atoms with Crippen molar-refractivity contribution in [2.24, 2.45) is 0 Å². The van der Waals surface area contributed by atoms with E-state index in [-0.39, 0.29) is 5.82 Å². The van der Waals surface area contributed by atoms with E-state index >= 15 is 0 Å². The van der Waals surface area contributed by atoms with Crippen molar-refractivity contribution in [1.29, 1.82) is 0 Å². The van der Waals surface area contributed by atoms with Crippen molar-refractivity contribution in [2.45, 2.75) is 13.3 Å². The number of aromatic amines is 1. The summed E-state index contributed by atoms with van der Waals surface area (Å²) in [5, 5.41) is 5.17. The second-order valence-corrected chi connectivity index (χ2v) is 7.89. The third kappa shape index (κ3) is 3.49. The standard InChI is InChI=1S/C20H18FN5O2S/c1-11-23-10-16(29-11)18-25-19-17(27-7-5-22-19)20(26-18)28-6-4-12-9-24-15-8-13(21)2-3-14(12)15/h2-3,8-10,24H,4-7H2,1H3,(H,22,25,26). The van der Waals surface area contributed by atoms with Gasteiger partial charge in [-0.15, -0.1) is 11.3 Å². The van der Waals surface area contributed by atoms with Gasteiger partial charge in [0.2, 0.25) is 5.75 Å². The maximum Gasteiger partial charge on any atom is 0.263 e. The van der Waals surface area contributed by atoms with E-state index in [4.69, 9.17) is 9.47 Å². The van der Waals surface area contributed by atoms with Crippen LogP contribution in [0.15, 0.2) is 30.6 Å². The molecule has 148 valence electrons. The number of hydrogen-bond donors (Lipinski definition) is 2. The summed E-state index contributed by atoms with van der Waals surface area (Å²) in [5.74, 6) is 1.87. The van der Waals surface area contributed by atoms with E-state index in [0.717, 1.165) is 26.4 Å². The Hall–Kier alpha value is -3.20. The molecule has 1 aromatic carbocycles. The van der Waals surface area contributed by atoms with Gasteiger partial charge in [0.25, 0.3) is 5.88 Å². The maximum absolute atomic E-state index is 13.4. The normalized spacial score (nSPS) is 13.0. The Morgan fingerprint density at radius 3 is 3.10 bits per heavy atom. The highest BCUT2D eigenvalue weighted by Gasteiger charge is 2.22. The summed E-state index contributed by atoms with van der Waals surface area (Å²) < 4.78 is 25.1. The molecule has 3 aromatic heterocycles. The number of thiazole rings is 1.